The summed E-state index contributed by atoms with van der Waals surface area (Å²) in [4.78, 5) is 16.5. The number of hydrogen-bond acceptors (Lipinski definition) is 6. The lowest BCUT2D eigenvalue weighted by Gasteiger charge is -2.17. The van der Waals surface area contributed by atoms with Crippen LogP contribution in [-0.2, 0) is 7.05 Å². The Kier molecular flexibility index (Phi) is 4.61. The number of carbonyl (C=O) groups excluding carboxylic acids is 1. The number of nitrogens with zero attached hydrogens (tertiary/aromatic N) is 6. The van der Waals surface area contributed by atoms with Gasteiger partial charge in [-0.3, -0.25) is 9.48 Å². The zero-order chi connectivity index (χ0) is 18.1. The van der Waals surface area contributed by atoms with Crippen LogP contribution in [0.2, 0.25) is 0 Å². The lowest BCUT2D eigenvalue weighted by Crippen LogP contribution is -2.31. The molecule has 3 rings (SSSR count). The minimum atomic E-state index is -0.0688. The lowest BCUT2D eigenvalue weighted by molar-refractivity contribution is 0.0769. The number of anilines is 1. The second-order valence-electron chi connectivity index (χ2n) is 6.57. The molecule has 1 aliphatic rings. The van der Waals surface area contributed by atoms with Crippen molar-refractivity contribution in [1.29, 1.82) is 0 Å². The third-order valence-corrected chi connectivity index (χ3v) is 4.53. The SMILES string of the molecule is Cc1nn(C)c(C)c1C(=O)N1CCC(Oc2ccc(N(C)C)nn2)C1. The Morgan fingerprint density at radius 2 is 2.04 bits per heavy atom. The summed E-state index contributed by atoms with van der Waals surface area (Å²) >= 11 is 0. The Hall–Kier alpha value is -2.64. The van der Waals surface area contributed by atoms with Gasteiger partial charge >= 0.3 is 0 Å². The van der Waals surface area contributed by atoms with Gasteiger partial charge in [0, 0.05) is 45.9 Å². The van der Waals surface area contributed by atoms with Gasteiger partial charge in [0.1, 0.15) is 6.10 Å². The van der Waals surface area contributed by atoms with Crippen molar-refractivity contribution in [3.63, 3.8) is 0 Å². The van der Waals surface area contributed by atoms with E-state index in [1.54, 1.807) is 4.68 Å². The van der Waals surface area contributed by atoms with Gasteiger partial charge in [0.15, 0.2) is 5.82 Å². The third kappa shape index (κ3) is 3.42. The lowest BCUT2D eigenvalue weighted by atomic mass is 10.2. The van der Waals surface area contributed by atoms with E-state index in [4.69, 9.17) is 4.74 Å². The molecule has 1 saturated heterocycles. The van der Waals surface area contributed by atoms with Crippen LogP contribution in [0.15, 0.2) is 12.1 Å². The van der Waals surface area contributed by atoms with Crippen LogP contribution in [-0.4, -0.2) is 64.1 Å². The Morgan fingerprint density at radius 1 is 1.28 bits per heavy atom. The second kappa shape index (κ2) is 6.70. The van der Waals surface area contributed by atoms with Crippen molar-refractivity contribution in [3.05, 3.63) is 29.1 Å². The van der Waals surface area contributed by atoms with Crippen LogP contribution >= 0.6 is 0 Å². The molecule has 0 spiro atoms. The third-order valence-electron chi connectivity index (χ3n) is 4.53. The highest BCUT2D eigenvalue weighted by molar-refractivity contribution is 5.96. The van der Waals surface area contributed by atoms with Crippen LogP contribution in [0.25, 0.3) is 0 Å². The maximum atomic E-state index is 12.8. The molecule has 8 nitrogen and oxygen atoms in total. The predicted octanol–water partition coefficient (Wildman–Crippen LogP) is 1.19. The monoisotopic (exact) mass is 344 g/mol. The molecule has 0 N–H and O–H groups in total. The second-order valence-corrected chi connectivity index (χ2v) is 6.57. The smallest absolute Gasteiger partial charge is 0.257 e. The van der Waals surface area contributed by atoms with E-state index < -0.39 is 0 Å². The quantitative estimate of drug-likeness (QED) is 0.829. The molecule has 3 heterocycles. The van der Waals surface area contributed by atoms with Crippen LogP contribution in [0, 0.1) is 13.8 Å². The summed E-state index contributed by atoms with van der Waals surface area (Å²) < 4.78 is 7.63. The average molecular weight is 344 g/mol. The molecule has 1 fully saturated rings. The molecule has 8 heteroatoms. The summed E-state index contributed by atoms with van der Waals surface area (Å²) in [5.74, 6) is 1.28. The van der Waals surface area contributed by atoms with Gasteiger partial charge in [-0.25, -0.2) is 0 Å². The van der Waals surface area contributed by atoms with Crippen LogP contribution in [0.3, 0.4) is 0 Å². The highest BCUT2D eigenvalue weighted by Crippen LogP contribution is 2.21. The van der Waals surface area contributed by atoms with E-state index in [1.807, 2.05) is 56.9 Å². The molecule has 25 heavy (non-hydrogen) atoms. The highest BCUT2D eigenvalue weighted by Gasteiger charge is 2.31. The summed E-state index contributed by atoms with van der Waals surface area (Å²) in [5, 5.41) is 12.5. The molecule has 134 valence electrons. The van der Waals surface area contributed by atoms with Crippen molar-refractivity contribution in [2.45, 2.75) is 26.4 Å². The number of aromatic nitrogens is 4. The molecule has 0 aliphatic carbocycles. The molecule has 1 unspecified atom stereocenters. The van der Waals surface area contributed by atoms with Gasteiger partial charge in [-0.05, 0) is 19.9 Å². The maximum absolute atomic E-state index is 12.8. The summed E-state index contributed by atoms with van der Waals surface area (Å²) in [7, 11) is 5.67. The zero-order valence-corrected chi connectivity index (χ0v) is 15.4. The van der Waals surface area contributed by atoms with E-state index in [1.165, 1.54) is 0 Å². The molecule has 0 bridgehead atoms. The molecule has 1 aliphatic heterocycles. The van der Waals surface area contributed by atoms with Gasteiger partial charge < -0.3 is 14.5 Å². The fourth-order valence-electron chi connectivity index (χ4n) is 3.04. The fourth-order valence-corrected chi connectivity index (χ4v) is 3.04. The van der Waals surface area contributed by atoms with Crippen molar-refractivity contribution in [1.82, 2.24) is 24.9 Å². The first-order valence-electron chi connectivity index (χ1n) is 8.34. The number of aryl methyl sites for hydroxylation is 2. The maximum Gasteiger partial charge on any atom is 0.257 e. The Labute approximate surface area is 147 Å². The van der Waals surface area contributed by atoms with Gasteiger partial charge in [0.05, 0.1) is 17.8 Å². The molecule has 2 aromatic heterocycles. The molecule has 2 aromatic rings. The first kappa shape index (κ1) is 17.2. The molecule has 0 aromatic carbocycles. The van der Waals surface area contributed by atoms with E-state index in [0.29, 0.717) is 24.5 Å². The van der Waals surface area contributed by atoms with Crippen molar-refractivity contribution in [2.75, 3.05) is 32.1 Å². The van der Waals surface area contributed by atoms with Gasteiger partial charge in [-0.15, -0.1) is 10.2 Å². The number of amides is 1. The molecule has 1 amide bonds. The predicted molar refractivity (Wildman–Crippen MR) is 94.0 cm³/mol. The highest BCUT2D eigenvalue weighted by atomic mass is 16.5. The van der Waals surface area contributed by atoms with E-state index in [2.05, 4.69) is 15.3 Å². The molecule has 1 atom stereocenters. The Balaban J connectivity index is 1.64. The number of carbonyl (C=O) groups is 1. The van der Waals surface area contributed by atoms with Crippen LogP contribution in [0.5, 0.6) is 5.88 Å². The average Bonchev–Trinajstić information content (AvgIpc) is 3.12. The van der Waals surface area contributed by atoms with Crippen LogP contribution in [0.4, 0.5) is 5.82 Å². The van der Waals surface area contributed by atoms with Gasteiger partial charge in [-0.1, -0.05) is 0 Å². The normalized spacial score (nSPS) is 17.0. The van der Waals surface area contributed by atoms with E-state index in [0.717, 1.165) is 23.6 Å². The summed E-state index contributed by atoms with van der Waals surface area (Å²) in [6, 6.07) is 3.67. The minimum Gasteiger partial charge on any atom is -0.471 e. The van der Waals surface area contributed by atoms with Gasteiger partial charge in [0.25, 0.3) is 5.91 Å². The zero-order valence-electron chi connectivity index (χ0n) is 15.4. The van der Waals surface area contributed by atoms with E-state index in [-0.39, 0.29) is 12.0 Å². The first-order valence-corrected chi connectivity index (χ1v) is 8.34. The van der Waals surface area contributed by atoms with E-state index >= 15 is 0 Å². The summed E-state index contributed by atoms with van der Waals surface area (Å²) in [5.41, 5.74) is 2.34. The first-order chi connectivity index (χ1) is 11.9. The van der Waals surface area contributed by atoms with E-state index in [9.17, 15) is 4.79 Å². The summed E-state index contributed by atoms with van der Waals surface area (Å²) in [6.45, 7) is 5.00. The van der Waals surface area contributed by atoms with Crippen LogP contribution in [0.1, 0.15) is 28.2 Å². The van der Waals surface area contributed by atoms with Crippen LogP contribution < -0.4 is 9.64 Å². The Morgan fingerprint density at radius 3 is 2.60 bits per heavy atom. The molecular weight excluding hydrogens is 320 g/mol. The molecule has 0 radical (unpaired) electrons. The minimum absolute atomic E-state index is 0.0169. The number of ether oxygens (including phenoxy) is 1. The van der Waals surface area contributed by atoms with Crippen molar-refractivity contribution < 1.29 is 9.53 Å². The standard InChI is InChI=1S/C17H24N6O2/c1-11-16(12(2)22(5)20-11)17(24)23-9-8-13(10-23)25-15-7-6-14(18-19-15)21(3)4/h6-7,13H,8-10H2,1-5H3. The molecule has 0 saturated carbocycles. The van der Waals surface area contributed by atoms with Crippen molar-refractivity contribution >= 4 is 11.7 Å². The topological polar surface area (TPSA) is 76.4 Å². The molecular formula is C17H24N6O2. The fraction of sp³-hybridized carbons (Fsp3) is 0.529. The Bertz CT molecular complexity index is 768. The van der Waals surface area contributed by atoms with Crippen molar-refractivity contribution in [3.8, 4) is 5.88 Å². The number of likely N-dealkylation sites (tertiary alicyclic amines) is 1. The number of rotatable bonds is 4. The summed E-state index contributed by atoms with van der Waals surface area (Å²) in [6.07, 6.45) is 0.710. The number of hydrogen-bond donors (Lipinski definition) is 0. The van der Waals surface area contributed by atoms with Gasteiger partial charge in [-0.2, -0.15) is 5.10 Å². The largest absolute Gasteiger partial charge is 0.471 e. The van der Waals surface area contributed by atoms with Crippen molar-refractivity contribution in [2.24, 2.45) is 7.05 Å². The van der Waals surface area contributed by atoms with Gasteiger partial charge in [0.2, 0.25) is 5.88 Å².